The SMILES string of the molecule is CCC(N)c1c(O)cccc1F. The third kappa shape index (κ3) is 1.56. The van der Waals surface area contributed by atoms with Gasteiger partial charge >= 0.3 is 0 Å². The van der Waals surface area contributed by atoms with Gasteiger partial charge in [0.2, 0.25) is 0 Å². The fraction of sp³-hybridized carbons (Fsp3) is 0.333. The summed E-state index contributed by atoms with van der Waals surface area (Å²) in [4.78, 5) is 0. The first-order chi connectivity index (χ1) is 5.66. The van der Waals surface area contributed by atoms with Crippen LogP contribution in [-0.2, 0) is 0 Å². The third-order valence-corrected chi connectivity index (χ3v) is 1.84. The molecular formula is C9H12FNO. The van der Waals surface area contributed by atoms with Crippen molar-refractivity contribution >= 4 is 0 Å². The number of nitrogens with two attached hydrogens (primary N) is 1. The quantitative estimate of drug-likeness (QED) is 0.710. The molecule has 66 valence electrons. The first-order valence-corrected chi connectivity index (χ1v) is 3.89. The van der Waals surface area contributed by atoms with E-state index in [-0.39, 0.29) is 11.3 Å². The number of halogens is 1. The van der Waals surface area contributed by atoms with E-state index in [1.807, 2.05) is 6.92 Å². The summed E-state index contributed by atoms with van der Waals surface area (Å²) < 4.78 is 13.0. The lowest BCUT2D eigenvalue weighted by atomic mass is 10.0. The van der Waals surface area contributed by atoms with Crippen LogP contribution in [0.15, 0.2) is 18.2 Å². The van der Waals surface area contributed by atoms with E-state index in [1.54, 1.807) is 0 Å². The van der Waals surface area contributed by atoms with E-state index < -0.39 is 11.9 Å². The number of aromatic hydroxyl groups is 1. The van der Waals surface area contributed by atoms with Crippen LogP contribution in [0.1, 0.15) is 24.9 Å². The summed E-state index contributed by atoms with van der Waals surface area (Å²) in [6.45, 7) is 1.84. The van der Waals surface area contributed by atoms with Gasteiger partial charge in [-0.05, 0) is 18.6 Å². The second-order valence-electron chi connectivity index (χ2n) is 2.69. The maximum absolute atomic E-state index is 13.0. The molecule has 3 heteroatoms. The van der Waals surface area contributed by atoms with Gasteiger partial charge in [0.15, 0.2) is 0 Å². The Morgan fingerprint density at radius 2 is 2.25 bits per heavy atom. The highest BCUT2D eigenvalue weighted by molar-refractivity contribution is 5.35. The van der Waals surface area contributed by atoms with Gasteiger partial charge in [0.1, 0.15) is 11.6 Å². The van der Waals surface area contributed by atoms with Gasteiger partial charge in [-0.1, -0.05) is 13.0 Å². The Kier molecular flexibility index (Phi) is 2.65. The summed E-state index contributed by atoms with van der Waals surface area (Å²) in [6.07, 6.45) is 0.606. The lowest BCUT2D eigenvalue weighted by Gasteiger charge is -2.11. The van der Waals surface area contributed by atoms with Gasteiger partial charge in [-0.15, -0.1) is 0 Å². The van der Waals surface area contributed by atoms with E-state index in [0.717, 1.165) is 0 Å². The van der Waals surface area contributed by atoms with Gasteiger partial charge in [-0.2, -0.15) is 0 Å². The van der Waals surface area contributed by atoms with E-state index in [2.05, 4.69) is 0 Å². The van der Waals surface area contributed by atoms with Gasteiger partial charge in [0, 0.05) is 11.6 Å². The van der Waals surface area contributed by atoms with Crippen molar-refractivity contribution in [3.05, 3.63) is 29.6 Å². The fourth-order valence-corrected chi connectivity index (χ4v) is 1.10. The molecule has 0 aliphatic rings. The Labute approximate surface area is 70.8 Å². The highest BCUT2D eigenvalue weighted by Gasteiger charge is 2.13. The fourth-order valence-electron chi connectivity index (χ4n) is 1.10. The van der Waals surface area contributed by atoms with Crippen LogP contribution < -0.4 is 5.73 Å². The molecule has 0 fully saturated rings. The van der Waals surface area contributed by atoms with Crippen LogP contribution in [0.2, 0.25) is 0 Å². The molecule has 1 aromatic rings. The molecular weight excluding hydrogens is 157 g/mol. The van der Waals surface area contributed by atoms with Crippen LogP contribution in [-0.4, -0.2) is 5.11 Å². The minimum Gasteiger partial charge on any atom is -0.508 e. The highest BCUT2D eigenvalue weighted by Crippen LogP contribution is 2.26. The molecule has 3 N–H and O–H groups in total. The van der Waals surface area contributed by atoms with E-state index in [0.29, 0.717) is 6.42 Å². The Bertz CT molecular complexity index is 255. The van der Waals surface area contributed by atoms with Crippen molar-refractivity contribution in [1.29, 1.82) is 0 Å². The molecule has 0 spiro atoms. The van der Waals surface area contributed by atoms with E-state index in [4.69, 9.17) is 5.73 Å². The first kappa shape index (κ1) is 9.00. The van der Waals surface area contributed by atoms with Crippen molar-refractivity contribution in [1.82, 2.24) is 0 Å². The summed E-state index contributed by atoms with van der Waals surface area (Å²) in [5.41, 5.74) is 5.80. The van der Waals surface area contributed by atoms with Gasteiger partial charge in [-0.25, -0.2) is 4.39 Å². The molecule has 12 heavy (non-hydrogen) atoms. The van der Waals surface area contributed by atoms with Crippen molar-refractivity contribution in [3.63, 3.8) is 0 Å². The van der Waals surface area contributed by atoms with Crippen molar-refractivity contribution < 1.29 is 9.50 Å². The van der Waals surface area contributed by atoms with Crippen LogP contribution >= 0.6 is 0 Å². The molecule has 0 aliphatic heterocycles. The maximum Gasteiger partial charge on any atom is 0.131 e. The zero-order valence-electron chi connectivity index (χ0n) is 6.92. The Morgan fingerprint density at radius 1 is 1.58 bits per heavy atom. The zero-order chi connectivity index (χ0) is 9.14. The van der Waals surface area contributed by atoms with E-state index in [1.165, 1.54) is 18.2 Å². The summed E-state index contributed by atoms with van der Waals surface area (Å²) in [5.74, 6) is -0.506. The van der Waals surface area contributed by atoms with E-state index >= 15 is 0 Å². The van der Waals surface area contributed by atoms with Gasteiger partial charge in [0.25, 0.3) is 0 Å². The second kappa shape index (κ2) is 3.54. The number of hydrogen-bond acceptors (Lipinski definition) is 2. The van der Waals surface area contributed by atoms with Crippen molar-refractivity contribution in [2.75, 3.05) is 0 Å². The molecule has 2 nitrogen and oxygen atoms in total. The molecule has 0 amide bonds. The van der Waals surface area contributed by atoms with Crippen molar-refractivity contribution in [2.45, 2.75) is 19.4 Å². The monoisotopic (exact) mass is 169 g/mol. The third-order valence-electron chi connectivity index (χ3n) is 1.84. The summed E-state index contributed by atoms with van der Waals surface area (Å²) >= 11 is 0. The minimum absolute atomic E-state index is 0.0654. The molecule has 1 atom stereocenters. The predicted molar refractivity (Wildman–Crippen MR) is 45.3 cm³/mol. The lowest BCUT2D eigenvalue weighted by molar-refractivity contribution is 0.447. The van der Waals surface area contributed by atoms with Crippen LogP contribution in [0, 0.1) is 5.82 Å². The standard InChI is InChI=1S/C9H12FNO/c1-2-7(11)9-6(10)4-3-5-8(9)12/h3-5,7,12H,2,11H2,1H3. The topological polar surface area (TPSA) is 46.2 Å². The smallest absolute Gasteiger partial charge is 0.131 e. The number of phenols is 1. The highest BCUT2D eigenvalue weighted by atomic mass is 19.1. The molecule has 0 bridgehead atoms. The lowest BCUT2D eigenvalue weighted by Crippen LogP contribution is -2.10. The molecule has 0 aromatic heterocycles. The van der Waals surface area contributed by atoms with Crippen LogP contribution in [0.4, 0.5) is 4.39 Å². The summed E-state index contributed by atoms with van der Waals surface area (Å²) in [5, 5.41) is 9.27. The Balaban J connectivity index is 3.12. The average Bonchev–Trinajstić information content (AvgIpc) is 2.03. The summed E-state index contributed by atoms with van der Waals surface area (Å²) in [7, 11) is 0. The number of benzene rings is 1. The molecule has 1 rings (SSSR count). The minimum atomic E-state index is -0.440. The van der Waals surface area contributed by atoms with Crippen LogP contribution in [0.25, 0.3) is 0 Å². The average molecular weight is 169 g/mol. The summed E-state index contributed by atoms with van der Waals surface area (Å²) in [6, 6.07) is 3.76. The largest absolute Gasteiger partial charge is 0.508 e. The van der Waals surface area contributed by atoms with Gasteiger partial charge < -0.3 is 10.8 Å². The van der Waals surface area contributed by atoms with E-state index in [9.17, 15) is 9.50 Å². The van der Waals surface area contributed by atoms with Gasteiger partial charge in [0.05, 0.1) is 0 Å². The molecule has 0 radical (unpaired) electrons. The molecule has 1 aromatic carbocycles. The Hall–Kier alpha value is -1.09. The Morgan fingerprint density at radius 3 is 2.75 bits per heavy atom. The zero-order valence-corrected chi connectivity index (χ0v) is 6.92. The molecule has 0 saturated carbocycles. The van der Waals surface area contributed by atoms with Crippen LogP contribution in [0.5, 0.6) is 5.75 Å². The molecule has 1 unspecified atom stereocenters. The molecule has 0 heterocycles. The van der Waals surface area contributed by atoms with Gasteiger partial charge in [-0.3, -0.25) is 0 Å². The second-order valence-corrected chi connectivity index (χ2v) is 2.69. The first-order valence-electron chi connectivity index (χ1n) is 3.89. The van der Waals surface area contributed by atoms with Crippen molar-refractivity contribution in [2.24, 2.45) is 5.73 Å². The predicted octanol–water partition coefficient (Wildman–Crippen LogP) is 1.94. The number of rotatable bonds is 2. The molecule has 0 saturated heterocycles. The number of hydrogen-bond donors (Lipinski definition) is 2. The van der Waals surface area contributed by atoms with Crippen molar-refractivity contribution in [3.8, 4) is 5.75 Å². The normalized spacial score (nSPS) is 12.9. The molecule has 0 aliphatic carbocycles. The maximum atomic E-state index is 13.0. The number of phenolic OH excluding ortho intramolecular Hbond substituents is 1. The van der Waals surface area contributed by atoms with Crippen LogP contribution in [0.3, 0.4) is 0 Å².